The van der Waals surface area contributed by atoms with Gasteiger partial charge < -0.3 is 5.23 Å². The van der Waals surface area contributed by atoms with E-state index < -0.39 is 0 Å². The van der Waals surface area contributed by atoms with Gasteiger partial charge in [0.1, 0.15) is 0 Å². The molecule has 0 amide bonds. The molecule has 0 atom stereocenters. The molecule has 1 nitrogen and oxygen atoms in total. The lowest BCUT2D eigenvalue weighted by Gasteiger charge is -2.27. The average molecular weight is 322 g/mol. The van der Waals surface area contributed by atoms with Crippen LogP contribution in [0.1, 0.15) is 10.4 Å². The van der Waals surface area contributed by atoms with Crippen LogP contribution in [0, 0.1) is 0 Å². The lowest BCUT2D eigenvalue weighted by atomic mass is 9.48. The quantitative estimate of drug-likeness (QED) is 0.674. The van der Waals surface area contributed by atoms with Gasteiger partial charge in [-0.2, -0.15) is 0 Å². The van der Waals surface area contributed by atoms with Crippen molar-refractivity contribution in [2.45, 2.75) is 0 Å². The maximum absolute atomic E-state index is 6.80. The number of hydrogen-bond donors (Lipinski definition) is 1. The van der Waals surface area contributed by atoms with E-state index in [1.54, 1.807) is 11.3 Å². The van der Waals surface area contributed by atoms with Gasteiger partial charge in [-0.25, -0.2) is 0 Å². The van der Waals surface area contributed by atoms with E-state index >= 15 is 0 Å². The zero-order valence-electron chi connectivity index (χ0n) is 11.8. The molecule has 0 radical (unpaired) electrons. The molecule has 2 aromatic carbocycles. The summed E-state index contributed by atoms with van der Waals surface area (Å²) in [7, 11) is 0. The standard InChI is InChI=1S/C18H13BClNS/c20-18-14-9-4-5-10-15(14)21-19(13-7-2-1-3-8-13)17(18)16-11-6-12-22-16/h1-12,21H. The first-order valence-corrected chi connectivity index (χ1v) is 8.45. The predicted molar refractivity (Wildman–Crippen MR) is 98.9 cm³/mol. The summed E-state index contributed by atoms with van der Waals surface area (Å²) in [5.41, 5.74) is 4.53. The number of benzene rings is 2. The van der Waals surface area contributed by atoms with Crippen LogP contribution in [0.15, 0.2) is 72.1 Å². The van der Waals surface area contributed by atoms with Crippen molar-refractivity contribution >= 4 is 51.4 Å². The molecule has 1 aromatic heterocycles. The Bertz CT molecular complexity index is 827. The SMILES string of the molecule is ClC1=C(c2cccs2)B(c2ccccc2)Nc2ccccc21. The van der Waals surface area contributed by atoms with Gasteiger partial charge in [0.2, 0.25) is 0 Å². The number of fused-ring (bicyclic) bond motifs is 1. The Morgan fingerprint density at radius 1 is 0.864 bits per heavy atom. The maximum Gasteiger partial charge on any atom is 0.323 e. The summed E-state index contributed by atoms with van der Waals surface area (Å²) in [4.78, 5) is 1.21. The molecule has 0 fully saturated rings. The van der Waals surface area contributed by atoms with Crippen molar-refractivity contribution in [1.82, 2.24) is 0 Å². The van der Waals surface area contributed by atoms with Gasteiger partial charge in [0.05, 0.1) is 0 Å². The first-order valence-electron chi connectivity index (χ1n) is 7.19. The molecule has 1 aliphatic heterocycles. The summed E-state index contributed by atoms with van der Waals surface area (Å²) >= 11 is 8.52. The van der Waals surface area contributed by atoms with Crippen molar-refractivity contribution in [3.63, 3.8) is 0 Å². The van der Waals surface area contributed by atoms with Crippen LogP contribution >= 0.6 is 22.9 Å². The zero-order chi connectivity index (χ0) is 14.9. The minimum atomic E-state index is 0.0715. The zero-order valence-corrected chi connectivity index (χ0v) is 13.4. The first kappa shape index (κ1) is 13.7. The molecular weight excluding hydrogens is 309 g/mol. The topological polar surface area (TPSA) is 12.0 Å². The predicted octanol–water partition coefficient (Wildman–Crippen LogP) is 4.72. The third-order valence-corrected chi connectivity index (χ3v) is 5.22. The highest BCUT2D eigenvalue weighted by atomic mass is 35.5. The van der Waals surface area contributed by atoms with Crippen LogP contribution in [-0.4, -0.2) is 6.85 Å². The van der Waals surface area contributed by atoms with Crippen molar-refractivity contribution in [1.29, 1.82) is 0 Å². The van der Waals surface area contributed by atoms with Gasteiger partial charge in [-0.05, 0) is 23.0 Å². The second-order valence-electron chi connectivity index (χ2n) is 5.24. The number of hydrogen-bond acceptors (Lipinski definition) is 2. The Labute approximate surface area is 139 Å². The fraction of sp³-hybridized carbons (Fsp3) is 0. The van der Waals surface area contributed by atoms with Crippen molar-refractivity contribution < 1.29 is 0 Å². The van der Waals surface area contributed by atoms with Gasteiger partial charge in [0.15, 0.2) is 0 Å². The molecule has 0 saturated carbocycles. The van der Waals surface area contributed by atoms with Gasteiger partial charge in [0, 0.05) is 21.2 Å². The number of thiophene rings is 1. The van der Waals surface area contributed by atoms with E-state index in [4.69, 9.17) is 11.6 Å². The van der Waals surface area contributed by atoms with E-state index in [-0.39, 0.29) is 6.85 Å². The van der Waals surface area contributed by atoms with E-state index in [9.17, 15) is 0 Å². The lowest BCUT2D eigenvalue weighted by Crippen LogP contribution is -2.42. The summed E-state index contributed by atoms with van der Waals surface area (Å²) in [6.07, 6.45) is 0. The lowest BCUT2D eigenvalue weighted by molar-refractivity contribution is 1.59. The van der Waals surface area contributed by atoms with Crippen LogP contribution in [0.4, 0.5) is 5.69 Å². The van der Waals surface area contributed by atoms with Gasteiger partial charge in [-0.15, -0.1) is 11.3 Å². The van der Waals surface area contributed by atoms with E-state index in [1.165, 1.54) is 10.3 Å². The molecule has 0 spiro atoms. The number of rotatable bonds is 2. The Kier molecular flexibility index (Phi) is 3.53. The fourth-order valence-corrected chi connectivity index (χ4v) is 4.12. The van der Waals surface area contributed by atoms with Crippen LogP contribution < -0.4 is 10.7 Å². The van der Waals surface area contributed by atoms with Crippen LogP contribution in [0.3, 0.4) is 0 Å². The second kappa shape index (κ2) is 5.67. The van der Waals surface area contributed by atoms with Gasteiger partial charge in [-0.3, -0.25) is 0 Å². The Balaban J connectivity index is 1.94. The van der Waals surface area contributed by atoms with Crippen LogP contribution in [-0.2, 0) is 0 Å². The molecule has 0 bridgehead atoms. The first-order chi connectivity index (χ1) is 10.8. The number of nitrogens with one attached hydrogen (secondary N) is 1. The summed E-state index contributed by atoms with van der Waals surface area (Å²) in [5.74, 6) is 0. The molecule has 22 heavy (non-hydrogen) atoms. The van der Waals surface area contributed by atoms with Crippen molar-refractivity contribution in [3.05, 3.63) is 82.6 Å². The van der Waals surface area contributed by atoms with E-state index in [2.05, 4.69) is 59.1 Å². The molecule has 2 heterocycles. The highest BCUT2D eigenvalue weighted by Crippen LogP contribution is 2.40. The number of para-hydroxylation sites is 1. The van der Waals surface area contributed by atoms with Crippen LogP contribution in [0.2, 0.25) is 0 Å². The Morgan fingerprint density at radius 2 is 1.64 bits per heavy atom. The highest BCUT2D eigenvalue weighted by Gasteiger charge is 2.32. The summed E-state index contributed by atoms with van der Waals surface area (Å²) in [6.45, 7) is 0.0715. The molecule has 1 N–H and O–H groups in total. The minimum Gasteiger partial charge on any atom is -0.420 e. The van der Waals surface area contributed by atoms with Gasteiger partial charge in [0.25, 0.3) is 0 Å². The molecule has 0 unspecified atom stereocenters. The highest BCUT2D eigenvalue weighted by molar-refractivity contribution is 7.14. The smallest absolute Gasteiger partial charge is 0.323 e. The maximum atomic E-state index is 6.80. The van der Waals surface area contributed by atoms with Gasteiger partial charge >= 0.3 is 6.85 Å². The average Bonchev–Trinajstić information content (AvgIpc) is 3.10. The molecule has 0 aliphatic carbocycles. The summed E-state index contributed by atoms with van der Waals surface area (Å²) < 4.78 is 0. The summed E-state index contributed by atoms with van der Waals surface area (Å²) in [6, 6.07) is 22.9. The van der Waals surface area contributed by atoms with Crippen LogP contribution in [0.25, 0.3) is 10.5 Å². The van der Waals surface area contributed by atoms with Gasteiger partial charge in [-0.1, -0.05) is 71.7 Å². The molecule has 4 heteroatoms. The van der Waals surface area contributed by atoms with Crippen molar-refractivity contribution in [3.8, 4) is 0 Å². The van der Waals surface area contributed by atoms with E-state index in [0.29, 0.717) is 0 Å². The molecule has 0 saturated heterocycles. The van der Waals surface area contributed by atoms with Crippen LogP contribution in [0.5, 0.6) is 0 Å². The fourth-order valence-electron chi connectivity index (χ4n) is 2.88. The third kappa shape index (κ3) is 2.27. The molecule has 4 rings (SSSR count). The number of halogens is 1. The van der Waals surface area contributed by atoms with E-state index in [0.717, 1.165) is 21.8 Å². The normalized spacial score (nSPS) is 13.8. The molecular formula is C18H13BClNS. The monoisotopic (exact) mass is 321 g/mol. The third-order valence-electron chi connectivity index (χ3n) is 3.91. The number of anilines is 1. The Morgan fingerprint density at radius 3 is 2.41 bits per heavy atom. The van der Waals surface area contributed by atoms with Crippen molar-refractivity contribution in [2.75, 3.05) is 5.23 Å². The summed E-state index contributed by atoms with van der Waals surface area (Å²) in [5, 5.41) is 6.58. The molecule has 106 valence electrons. The molecule has 1 aliphatic rings. The second-order valence-corrected chi connectivity index (χ2v) is 6.56. The largest absolute Gasteiger partial charge is 0.420 e. The Hall–Kier alpha value is -1.97. The van der Waals surface area contributed by atoms with E-state index in [1.807, 2.05) is 18.2 Å². The van der Waals surface area contributed by atoms with Crippen molar-refractivity contribution in [2.24, 2.45) is 0 Å². The molecule has 3 aromatic rings. The minimum absolute atomic E-state index is 0.0715.